The number of anilines is 2. The van der Waals surface area contributed by atoms with Crippen LogP contribution in [-0.2, 0) is 4.74 Å². The Bertz CT molecular complexity index is 999. The second-order valence-corrected chi connectivity index (χ2v) is 6.69. The molecule has 5 heteroatoms. The zero-order valence-corrected chi connectivity index (χ0v) is 16.1. The molecule has 3 aromatic rings. The maximum Gasteiger partial charge on any atom is 0.341 e. The number of fused-ring (bicyclic) bond motifs is 1. The number of carbonyl (C=O) groups excluding carboxylic acids is 1. The lowest BCUT2D eigenvalue weighted by Gasteiger charge is -2.17. The number of nitrogens with zero attached hydrogens (tertiary/aromatic N) is 1. The minimum absolute atomic E-state index is 0.305. The summed E-state index contributed by atoms with van der Waals surface area (Å²) in [5.74, 6) is -0.400. The summed E-state index contributed by atoms with van der Waals surface area (Å²) in [6.07, 6.45) is 1.57. The number of esters is 1. The predicted molar refractivity (Wildman–Crippen MR) is 107 cm³/mol. The van der Waals surface area contributed by atoms with Gasteiger partial charge < -0.3 is 10.1 Å². The SMILES string of the molecule is CCOC(=O)c1cnc2c(C)cc(C)cc2c1Nc1cccc(Cl)c1C. The molecule has 1 N–H and O–H groups in total. The summed E-state index contributed by atoms with van der Waals surface area (Å²) in [6.45, 7) is 8.07. The van der Waals surface area contributed by atoms with E-state index in [1.54, 1.807) is 13.1 Å². The largest absolute Gasteiger partial charge is 0.462 e. The van der Waals surface area contributed by atoms with Gasteiger partial charge in [-0.2, -0.15) is 0 Å². The van der Waals surface area contributed by atoms with E-state index in [0.29, 0.717) is 22.9 Å². The molecule has 2 aromatic carbocycles. The van der Waals surface area contributed by atoms with Crippen molar-refractivity contribution < 1.29 is 9.53 Å². The molecule has 0 saturated heterocycles. The molecular weight excluding hydrogens is 348 g/mol. The van der Waals surface area contributed by atoms with Gasteiger partial charge in [-0.15, -0.1) is 0 Å². The van der Waals surface area contributed by atoms with Gasteiger partial charge in [0.2, 0.25) is 0 Å². The first-order valence-electron chi connectivity index (χ1n) is 8.51. The molecule has 0 fully saturated rings. The summed E-state index contributed by atoms with van der Waals surface area (Å²) in [7, 11) is 0. The number of nitrogens with one attached hydrogen (secondary N) is 1. The normalized spacial score (nSPS) is 10.8. The minimum atomic E-state index is -0.400. The van der Waals surface area contributed by atoms with Gasteiger partial charge in [0.05, 0.1) is 17.8 Å². The van der Waals surface area contributed by atoms with Crippen molar-refractivity contribution in [2.45, 2.75) is 27.7 Å². The third-order valence-corrected chi connectivity index (χ3v) is 4.74. The van der Waals surface area contributed by atoms with Crippen LogP contribution in [0.15, 0.2) is 36.5 Å². The number of aryl methyl sites for hydroxylation is 2. The van der Waals surface area contributed by atoms with E-state index in [1.165, 1.54) is 0 Å². The molecule has 0 bridgehead atoms. The van der Waals surface area contributed by atoms with Gasteiger partial charge in [0.1, 0.15) is 5.56 Å². The topological polar surface area (TPSA) is 51.2 Å². The molecule has 0 aliphatic heterocycles. The first kappa shape index (κ1) is 18.2. The first-order valence-corrected chi connectivity index (χ1v) is 8.89. The third kappa shape index (κ3) is 3.37. The van der Waals surface area contributed by atoms with Crippen LogP contribution in [0.1, 0.15) is 34.0 Å². The van der Waals surface area contributed by atoms with Crippen molar-refractivity contribution in [3.05, 3.63) is 63.8 Å². The Morgan fingerprint density at radius 2 is 2.00 bits per heavy atom. The van der Waals surface area contributed by atoms with Gasteiger partial charge in [0.25, 0.3) is 0 Å². The molecule has 0 saturated carbocycles. The summed E-state index contributed by atoms with van der Waals surface area (Å²) in [6, 6.07) is 9.76. The lowest BCUT2D eigenvalue weighted by molar-refractivity contribution is 0.0527. The molecular formula is C21H21ClN2O2. The van der Waals surface area contributed by atoms with E-state index in [1.807, 2.05) is 45.0 Å². The highest BCUT2D eigenvalue weighted by molar-refractivity contribution is 6.31. The molecule has 1 aromatic heterocycles. The van der Waals surface area contributed by atoms with Crippen LogP contribution in [0, 0.1) is 20.8 Å². The fourth-order valence-electron chi connectivity index (χ4n) is 3.04. The fraction of sp³-hybridized carbons (Fsp3) is 0.238. The predicted octanol–water partition coefficient (Wildman–Crippen LogP) is 5.73. The standard InChI is InChI=1S/C21H21ClN2O2/c1-5-26-21(25)16-11-23-19-13(3)9-12(2)10-15(19)20(16)24-18-8-6-7-17(22)14(18)4/h6-11H,5H2,1-4H3,(H,23,24). The van der Waals surface area contributed by atoms with E-state index in [2.05, 4.69) is 16.4 Å². The van der Waals surface area contributed by atoms with Crippen LogP contribution in [0.2, 0.25) is 5.02 Å². The monoisotopic (exact) mass is 368 g/mol. The van der Waals surface area contributed by atoms with Crippen LogP contribution in [0.3, 0.4) is 0 Å². The average molecular weight is 369 g/mol. The Kier molecular flexibility index (Phi) is 5.14. The summed E-state index contributed by atoms with van der Waals surface area (Å²) >= 11 is 6.26. The molecule has 4 nitrogen and oxygen atoms in total. The van der Waals surface area contributed by atoms with Crippen molar-refractivity contribution in [1.29, 1.82) is 0 Å². The van der Waals surface area contributed by atoms with Gasteiger partial charge >= 0.3 is 5.97 Å². The van der Waals surface area contributed by atoms with E-state index in [-0.39, 0.29) is 0 Å². The van der Waals surface area contributed by atoms with Gasteiger partial charge in [0, 0.05) is 22.3 Å². The fourth-order valence-corrected chi connectivity index (χ4v) is 3.21. The van der Waals surface area contributed by atoms with Gasteiger partial charge in [-0.25, -0.2) is 4.79 Å². The van der Waals surface area contributed by atoms with Crippen molar-refractivity contribution in [3.8, 4) is 0 Å². The van der Waals surface area contributed by atoms with Crippen LogP contribution in [-0.4, -0.2) is 17.6 Å². The van der Waals surface area contributed by atoms with Gasteiger partial charge in [-0.1, -0.05) is 29.3 Å². The number of benzene rings is 2. The Labute approximate surface area is 158 Å². The van der Waals surface area contributed by atoms with E-state index in [9.17, 15) is 4.79 Å². The highest BCUT2D eigenvalue weighted by Gasteiger charge is 2.19. The number of hydrogen-bond donors (Lipinski definition) is 1. The van der Waals surface area contributed by atoms with Crippen molar-refractivity contribution >= 4 is 39.8 Å². The van der Waals surface area contributed by atoms with Crippen LogP contribution < -0.4 is 5.32 Å². The zero-order valence-electron chi connectivity index (χ0n) is 15.3. The third-order valence-electron chi connectivity index (χ3n) is 4.33. The van der Waals surface area contributed by atoms with Crippen molar-refractivity contribution in [2.75, 3.05) is 11.9 Å². The lowest BCUT2D eigenvalue weighted by atomic mass is 10.0. The highest BCUT2D eigenvalue weighted by atomic mass is 35.5. The molecule has 26 heavy (non-hydrogen) atoms. The summed E-state index contributed by atoms with van der Waals surface area (Å²) in [4.78, 5) is 17.0. The second kappa shape index (κ2) is 7.34. The number of pyridine rings is 1. The first-order chi connectivity index (χ1) is 12.4. The number of halogens is 1. The number of aromatic nitrogens is 1. The number of carbonyl (C=O) groups is 1. The molecule has 0 aliphatic carbocycles. The Hall–Kier alpha value is -2.59. The summed E-state index contributed by atoms with van der Waals surface area (Å²) in [5, 5.41) is 4.94. The molecule has 0 amide bonds. The Balaban J connectivity index is 2.26. The van der Waals surface area contributed by atoms with Crippen molar-refractivity contribution in [3.63, 3.8) is 0 Å². The molecule has 0 atom stereocenters. The van der Waals surface area contributed by atoms with Crippen LogP contribution in [0.25, 0.3) is 10.9 Å². The van der Waals surface area contributed by atoms with Crippen LogP contribution in [0.4, 0.5) is 11.4 Å². The van der Waals surface area contributed by atoms with E-state index in [0.717, 1.165) is 33.3 Å². The number of ether oxygens (including phenoxy) is 1. The molecule has 0 aliphatic rings. The van der Waals surface area contributed by atoms with Crippen LogP contribution in [0.5, 0.6) is 0 Å². The Morgan fingerprint density at radius 3 is 2.73 bits per heavy atom. The van der Waals surface area contributed by atoms with Gasteiger partial charge in [-0.05, 0) is 57.0 Å². The molecule has 0 spiro atoms. The quantitative estimate of drug-likeness (QED) is 0.597. The summed E-state index contributed by atoms with van der Waals surface area (Å²) < 4.78 is 5.22. The Morgan fingerprint density at radius 1 is 1.23 bits per heavy atom. The maximum atomic E-state index is 12.5. The number of hydrogen-bond acceptors (Lipinski definition) is 4. The smallest absolute Gasteiger partial charge is 0.341 e. The number of rotatable bonds is 4. The second-order valence-electron chi connectivity index (χ2n) is 6.28. The van der Waals surface area contributed by atoms with E-state index < -0.39 is 5.97 Å². The molecule has 1 heterocycles. The summed E-state index contributed by atoms with van der Waals surface area (Å²) in [5.41, 5.74) is 5.86. The van der Waals surface area contributed by atoms with Crippen LogP contribution >= 0.6 is 11.6 Å². The highest BCUT2D eigenvalue weighted by Crippen LogP contribution is 2.34. The average Bonchev–Trinajstić information content (AvgIpc) is 2.59. The lowest BCUT2D eigenvalue weighted by Crippen LogP contribution is -2.10. The zero-order chi connectivity index (χ0) is 18.8. The van der Waals surface area contributed by atoms with E-state index >= 15 is 0 Å². The molecule has 3 rings (SSSR count). The van der Waals surface area contributed by atoms with Crippen molar-refractivity contribution in [2.24, 2.45) is 0 Å². The van der Waals surface area contributed by atoms with Gasteiger partial charge in [0.15, 0.2) is 0 Å². The van der Waals surface area contributed by atoms with Crippen molar-refractivity contribution in [1.82, 2.24) is 4.98 Å². The van der Waals surface area contributed by atoms with Gasteiger partial charge in [-0.3, -0.25) is 4.98 Å². The minimum Gasteiger partial charge on any atom is -0.462 e. The maximum absolute atomic E-state index is 12.5. The molecule has 0 radical (unpaired) electrons. The molecule has 0 unspecified atom stereocenters. The van der Waals surface area contributed by atoms with E-state index in [4.69, 9.17) is 16.3 Å². The molecule has 134 valence electrons.